The van der Waals surface area contributed by atoms with Gasteiger partial charge in [-0.05, 0) is 12.1 Å². The third kappa shape index (κ3) is 8.11. The lowest BCUT2D eigenvalue weighted by molar-refractivity contribution is -0.0117. The van der Waals surface area contributed by atoms with Crippen LogP contribution in [0.3, 0.4) is 0 Å². The molecule has 1 rings (SSSR count). The number of carbonyl (C=O) groups excluding carboxylic acids is 1. The molecule has 0 N–H and O–H groups in total. The number of methoxy groups -OCH3 is 3. The van der Waals surface area contributed by atoms with E-state index in [0.29, 0.717) is 43.5 Å². The molecular formula is C16H24O8. The molecule has 0 aliphatic heterocycles. The van der Waals surface area contributed by atoms with Crippen LogP contribution in [0, 0.1) is 0 Å². The molecule has 0 fully saturated rings. The zero-order valence-corrected chi connectivity index (χ0v) is 14.2. The Morgan fingerprint density at radius 1 is 0.792 bits per heavy atom. The van der Waals surface area contributed by atoms with E-state index in [2.05, 4.69) is 0 Å². The Labute approximate surface area is 141 Å². The van der Waals surface area contributed by atoms with Gasteiger partial charge in [0.25, 0.3) is 0 Å². The third-order valence-electron chi connectivity index (χ3n) is 2.78. The maximum Gasteiger partial charge on any atom is 0.338 e. The van der Waals surface area contributed by atoms with Crippen molar-refractivity contribution in [3.05, 3.63) is 23.8 Å². The highest BCUT2D eigenvalue weighted by atomic mass is 16.7. The van der Waals surface area contributed by atoms with Crippen molar-refractivity contribution in [3.63, 3.8) is 0 Å². The van der Waals surface area contributed by atoms with Crippen molar-refractivity contribution in [2.24, 2.45) is 0 Å². The predicted octanol–water partition coefficient (Wildman–Crippen LogP) is 1.47. The Bertz CT molecular complexity index is 445. The molecule has 1 aromatic rings. The van der Waals surface area contributed by atoms with Crippen LogP contribution < -0.4 is 9.47 Å². The molecular weight excluding hydrogens is 320 g/mol. The van der Waals surface area contributed by atoms with Crippen molar-refractivity contribution in [2.75, 3.05) is 61.3 Å². The maximum atomic E-state index is 11.7. The SMILES string of the molecule is COCCOCOc1cc(OCOCCOC)cc(C(=O)OC)c1. The number of esters is 1. The summed E-state index contributed by atoms with van der Waals surface area (Å²) in [5.41, 5.74) is 0.304. The van der Waals surface area contributed by atoms with Crippen molar-refractivity contribution >= 4 is 5.97 Å². The van der Waals surface area contributed by atoms with E-state index < -0.39 is 5.97 Å². The Morgan fingerprint density at radius 3 is 1.71 bits per heavy atom. The van der Waals surface area contributed by atoms with Crippen LogP contribution >= 0.6 is 0 Å². The number of ether oxygens (including phenoxy) is 7. The fourth-order valence-electron chi connectivity index (χ4n) is 1.60. The van der Waals surface area contributed by atoms with Crippen LogP contribution in [-0.2, 0) is 23.7 Å². The monoisotopic (exact) mass is 344 g/mol. The van der Waals surface area contributed by atoms with Gasteiger partial charge in [0.1, 0.15) is 11.5 Å². The number of carbonyl (C=O) groups is 1. The van der Waals surface area contributed by atoms with Gasteiger partial charge in [-0.2, -0.15) is 0 Å². The molecule has 0 aliphatic rings. The second kappa shape index (κ2) is 12.5. The van der Waals surface area contributed by atoms with E-state index >= 15 is 0 Å². The number of hydrogen-bond donors (Lipinski definition) is 0. The van der Waals surface area contributed by atoms with Gasteiger partial charge in [-0.3, -0.25) is 0 Å². The van der Waals surface area contributed by atoms with Gasteiger partial charge in [0.15, 0.2) is 13.6 Å². The summed E-state index contributed by atoms with van der Waals surface area (Å²) in [5, 5.41) is 0. The molecule has 8 heteroatoms. The minimum atomic E-state index is -0.495. The van der Waals surface area contributed by atoms with Crippen LogP contribution in [0.1, 0.15) is 10.4 Å². The van der Waals surface area contributed by atoms with Gasteiger partial charge in [0.2, 0.25) is 0 Å². The quantitative estimate of drug-likeness (QED) is 0.302. The zero-order chi connectivity index (χ0) is 17.6. The average molecular weight is 344 g/mol. The summed E-state index contributed by atoms with van der Waals surface area (Å²) in [6.45, 7) is 1.81. The molecule has 136 valence electrons. The summed E-state index contributed by atoms with van der Waals surface area (Å²) in [4.78, 5) is 11.7. The summed E-state index contributed by atoms with van der Waals surface area (Å²) >= 11 is 0. The van der Waals surface area contributed by atoms with Gasteiger partial charge in [0, 0.05) is 20.3 Å². The fourth-order valence-corrected chi connectivity index (χ4v) is 1.60. The summed E-state index contributed by atoms with van der Waals surface area (Å²) in [6, 6.07) is 4.72. The van der Waals surface area contributed by atoms with Gasteiger partial charge in [-0.1, -0.05) is 0 Å². The van der Waals surface area contributed by atoms with Crippen molar-refractivity contribution in [2.45, 2.75) is 0 Å². The summed E-state index contributed by atoms with van der Waals surface area (Å²) in [7, 11) is 4.48. The van der Waals surface area contributed by atoms with E-state index in [1.54, 1.807) is 32.4 Å². The highest BCUT2D eigenvalue weighted by Crippen LogP contribution is 2.23. The lowest BCUT2D eigenvalue weighted by Crippen LogP contribution is -2.10. The van der Waals surface area contributed by atoms with Crippen LogP contribution in [-0.4, -0.2) is 67.3 Å². The molecule has 8 nitrogen and oxygen atoms in total. The molecule has 0 saturated carbocycles. The van der Waals surface area contributed by atoms with Crippen LogP contribution in [0.15, 0.2) is 18.2 Å². The molecule has 0 aliphatic carbocycles. The topological polar surface area (TPSA) is 81.7 Å². The Morgan fingerprint density at radius 2 is 1.29 bits per heavy atom. The molecule has 0 aromatic heterocycles. The molecule has 0 radical (unpaired) electrons. The van der Waals surface area contributed by atoms with Crippen LogP contribution in [0.5, 0.6) is 11.5 Å². The fraction of sp³-hybridized carbons (Fsp3) is 0.562. The minimum absolute atomic E-state index is 0.0256. The van der Waals surface area contributed by atoms with E-state index in [1.165, 1.54) is 7.11 Å². The van der Waals surface area contributed by atoms with E-state index in [9.17, 15) is 4.79 Å². The molecule has 0 spiro atoms. The van der Waals surface area contributed by atoms with Gasteiger partial charge in [0.05, 0.1) is 39.1 Å². The molecule has 24 heavy (non-hydrogen) atoms. The van der Waals surface area contributed by atoms with Gasteiger partial charge in [-0.25, -0.2) is 4.79 Å². The first-order valence-electron chi connectivity index (χ1n) is 7.33. The molecule has 0 heterocycles. The first kappa shape index (κ1) is 20.2. The van der Waals surface area contributed by atoms with Gasteiger partial charge in [-0.15, -0.1) is 0 Å². The normalized spacial score (nSPS) is 10.5. The number of rotatable bonds is 13. The van der Waals surface area contributed by atoms with Crippen molar-refractivity contribution in [3.8, 4) is 11.5 Å². The predicted molar refractivity (Wildman–Crippen MR) is 84.4 cm³/mol. The third-order valence-corrected chi connectivity index (χ3v) is 2.78. The summed E-state index contributed by atoms with van der Waals surface area (Å²) in [5.74, 6) is 0.343. The number of hydrogen-bond acceptors (Lipinski definition) is 8. The van der Waals surface area contributed by atoms with Crippen molar-refractivity contribution in [1.82, 2.24) is 0 Å². The van der Waals surface area contributed by atoms with Gasteiger partial charge >= 0.3 is 5.97 Å². The molecule has 0 saturated heterocycles. The van der Waals surface area contributed by atoms with E-state index in [-0.39, 0.29) is 13.6 Å². The molecule has 0 unspecified atom stereocenters. The van der Waals surface area contributed by atoms with E-state index in [1.807, 2.05) is 0 Å². The largest absolute Gasteiger partial charge is 0.467 e. The lowest BCUT2D eigenvalue weighted by Gasteiger charge is -2.12. The summed E-state index contributed by atoms with van der Waals surface area (Å²) in [6.07, 6.45) is 0. The van der Waals surface area contributed by atoms with E-state index in [4.69, 9.17) is 33.2 Å². The van der Waals surface area contributed by atoms with Crippen LogP contribution in [0.25, 0.3) is 0 Å². The Hall–Kier alpha value is -1.87. The lowest BCUT2D eigenvalue weighted by atomic mass is 10.2. The second-order valence-electron chi connectivity index (χ2n) is 4.51. The van der Waals surface area contributed by atoms with Crippen LogP contribution in [0.4, 0.5) is 0 Å². The highest BCUT2D eigenvalue weighted by molar-refractivity contribution is 5.90. The maximum absolute atomic E-state index is 11.7. The summed E-state index contributed by atoms with van der Waals surface area (Å²) < 4.78 is 35.8. The van der Waals surface area contributed by atoms with E-state index in [0.717, 1.165) is 0 Å². The first-order chi connectivity index (χ1) is 11.7. The zero-order valence-electron chi connectivity index (χ0n) is 14.2. The van der Waals surface area contributed by atoms with Gasteiger partial charge < -0.3 is 33.2 Å². The second-order valence-corrected chi connectivity index (χ2v) is 4.51. The molecule has 0 bridgehead atoms. The number of benzene rings is 1. The minimum Gasteiger partial charge on any atom is -0.467 e. The van der Waals surface area contributed by atoms with Crippen molar-refractivity contribution in [1.29, 1.82) is 0 Å². The first-order valence-corrected chi connectivity index (χ1v) is 7.33. The molecule has 0 amide bonds. The average Bonchev–Trinajstić information content (AvgIpc) is 2.60. The Balaban J connectivity index is 2.60. The van der Waals surface area contributed by atoms with Crippen LogP contribution in [0.2, 0.25) is 0 Å². The smallest absolute Gasteiger partial charge is 0.338 e. The molecule has 0 atom stereocenters. The standard InChI is InChI=1S/C16H24O8/c1-18-4-6-21-11-23-14-8-13(16(17)20-3)9-15(10-14)24-12-22-7-5-19-2/h8-10H,4-7,11-12H2,1-3H3. The van der Waals surface area contributed by atoms with Crippen molar-refractivity contribution < 1.29 is 38.0 Å². The Kier molecular flexibility index (Phi) is 10.5. The highest BCUT2D eigenvalue weighted by Gasteiger charge is 2.11. The molecule has 1 aromatic carbocycles.